The van der Waals surface area contributed by atoms with E-state index in [1.807, 2.05) is 0 Å². The zero-order valence-corrected chi connectivity index (χ0v) is 18.6. The largest absolute Gasteiger partial charge is 0.381 e. The fourth-order valence-corrected chi connectivity index (χ4v) is 4.80. The number of ether oxygens (including phenoxy) is 1. The van der Waals surface area contributed by atoms with Crippen LogP contribution in [0.1, 0.15) is 60.7 Å². The van der Waals surface area contributed by atoms with Crippen LogP contribution in [-0.2, 0) is 11.3 Å². The topological polar surface area (TPSA) is 64.3 Å². The molecule has 0 bridgehead atoms. The summed E-state index contributed by atoms with van der Waals surface area (Å²) in [6.45, 7) is 6.52. The molecule has 5 rings (SSSR count). The summed E-state index contributed by atoms with van der Waals surface area (Å²) in [5.41, 5.74) is 1.93. The van der Waals surface area contributed by atoms with Crippen molar-refractivity contribution in [3.8, 4) is 11.4 Å². The van der Waals surface area contributed by atoms with Gasteiger partial charge in [-0.15, -0.1) is 0 Å². The molecule has 1 aromatic carbocycles. The Hall–Kier alpha value is -2.94. The summed E-state index contributed by atoms with van der Waals surface area (Å²) < 4.78 is 48.9. The second kappa shape index (κ2) is 8.78. The Morgan fingerprint density at radius 3 is 2.70 bits per heavy atom. The van der Waals surface area contributed by atoms with E-state index in [-0.39, 0.29) is 5.56 Å². The maximum Gasteiger partial charge on any atom is 0.266 e. The van der Waals surface area contributed by atoms with E-state index in [9.17, 15) is 13.2 Å². The molecule has 33 heavy (non-hydrogen) atoms. The molecule has 6 nitrogen and oxygen atoms in total. The average Bonchev–Trinajstić information content (AvgIpc) is 3.29. The molecule has 1 saturated heterocycles. The number of anilines is 1. The Kier molecular flexibility index (Phi) is 5.82. The molecule has 0 aliphatic carbocycles. The second-order valence-corrected chi connectivity index (χ2v) is 8.60. The molecule has 0 aromatic heterocycles. The van der Waals surface area contributed by atoms with Crippen LogP contribution in [0.4, 0.5) is 19.0 Å². The molecule has 0 saturated carbocycles. The number of nitrogens with zero attached hydrogens (tertiary/aromatic N) is 4. The molecule has 1 unspecified atom stereocenters. The van der Waals surface area contributed by atoms with Crippen molar-refractivity contribution in [2.75, 3.05) is 25.1 Å². The Morgan fingerprint density at radius 2 is 1.94 bits per heavy atom. The van der Waals surface area contributed by atoms with E-state index in [2.05, 4.69) is 25.9 Å². The fraction of sp³-hybridized carbons (Fsp3) is 0.458. The van der Waals surface area contributed by atoms with Gasteiger partial charge in [-0.2, -0.15) is 0 Å². The number of pyridine rings is 1. The third-order valence-corrected chi connectivity index (χ3v) is 6.46. The van der Waals surface area contributed by atoms with E-state index in [1.54, 1.807) is 13.8 Å². The third-order valence-electron chi connectivity index (χ3n) is 6.46. The SMILES string of the molecule is Cc1nc2n3c(c(C4CCOCC4)cc-2c(=NC(C)c2cccc(C(F)F)c2F)n1)NCC3. The van der Waals surface area contributed by atoms with Gasteiger partial charge in [0.25, 0.3) is 6.43 Å². The molecule has 1 atom stereocenters. The maximum absolute atomic E-state index is 14.8. The molecular weight excluding hydrogens is 431 g/mol. The molecule has 9 heteroatoms. The predicted octanol–water partition coefficient (Wildman–Crippen LogP) is 4.75. The van der Waals surface area contributed by atoms with Gasteiger partial charge < -0.3 is 14.6 Å². The highest BCUT2D eigenvalue weighted by Crippen LogP contribution is 2.38. The van der Waals surface area contributed by atoms with Crippen molar-refractivity contribution < 1.29 is 17.9 Å². The Bertz CT molecular complexity index is 1220. The number of aromatic nitrogens is 3. The van der Waals surface area contributed by atoms with Crippen LogP contribution >= 0.6 is 0 Å². The number of halogens is 3. The van der Waals surface area contributed by atoms with Crippen LogP contribution in [0, 0.1) is 12.7 Å². The fourth-order valence-electron chi connectivity index (χ4n) is 4.80. The zero-order valence-electron chi connectivity index (χ0n) is 18.6. The maximum atomic E-state index is 14.8. The number of hydrogen-bond donors (Lipinski definition) is 1. The van der Waals surface area contributed by atoms with Crippen molar-refractivity contribution in [1.29, 1.82) is 0 Å². The molecule has 4 aliphatic rings. The summed E-state index contributed by atoms with van der Waals surface area (Å²) in [6, 6.07) is 5.44. The van der Waals surface area contributed by atoms with Gasteiger partial charge in [-0.1, -0.05) is 18.2 Å². The molecule has 4 aliphatic heterocycles. The normalized spacial score (nSPS) is 18.1. The summed E-state index contributed by atoms with van der Waals surface area (Å²) in [6.07, 6.45) is -1.02. The van der Waals surface area contributed by atoms with Gasteiger partial charge in [0.15, 0.2) is 5.49 Å². The standard InChI is InChI=1S/C24H26F3N5O/c1-13(16-4-3-5-17(20(16)25)21(26)27)29-22-19-12-18(15-6-10-33-11-7-15)23-28-8-9-32(23)24(19)31-14(2)30-22/h3-5,12-13,15,21,28H,6-11H2,1-2H3. The van der Waals surface area contributed by atoms with E-state index in [1.165, 1.54) is 17.7 Å². The summed E-state index contributed by atoms with van der Waals surface area (Å²) in [5.74, 6) is 1.83. The number of alkyl halides is 2. The van der Waals surface area contributed by atoms with Crippen LogP contribution < -0.4 is 10.8 Å². The van der Waals surface area contributed by atoms with Crippen LogP contribution in [0.25, 0.3) is 11.4 Å². The Labute approximate surface area is 189 Å². The molecule has 0 spiro atoms. The van der Waals surface area contributed by atoms with E-state index in [0.717, 1.165) is 62.4 Å². The lowest BCUT2D eigenvalue weighted by molar-refractivity contribution is 0.0854. The van der Waals surface area contributed by atoms with Crippen molar-refractivity contribution in [1.82, 2.24) is 14.5 Å². The van der Waals surface area contributed by atoms with Crippen molar-refractivity contribution in [3.05, 3.63) is 58.1 Å². The molecule has 1 N–H and O–H groups in total. The van der Waals surface area contributed by atoms with Gasteiger partial charge in [0, 0.05) is 31.9 Å². The van der Waals surface area contributed by atoms with Crippen LogP contribution in [0.15, 0.2) is 29.3 Å². The number of benzene rings is 1. The summed E-state index contributed by atoms with van der Waals surface area (Å²) in [5, 5.41) is 3.50. The zero-order chi connectivity index (χ0) is 23.1. The molecular formula is C24H26F3N5O. The smallest absolute Gasteiger partial charge is 0.266 e. The number of aryl methyl sites for hydroxylation is 1. The minimum atomic E-state index is -2.88. The van der Waals surface area contributed by atoms with Crippen molar-refractivity contribution in [2.45, 2.75) is 51.6 Å². The van der Waals surface area contributed by atoms with Gasteiger partial charge in [-0.25, -0.2) is 23.1 Å². The molecule has 0 amide bonds. The predicted molar refractivity (Wildman–Crippen MR) is 118 cm³/mol. The van der Waals surface area contributed by atoms with Crippen molar-refractivity contribution >= 4 is 5.82 Å². The summed E-state index contributed by atoms with van der Waals surface area (Å²) in [4.78, 5) is 13.9. The van der Waals surface area contributed by atoms with Crippen molar-refractivity contribution in [3.63, 3.8) is 0 Å². The first-order valence-electron chi connectivity index (χ1n) is 11.3. The average molecular weight is 458 g/mol. The Morgan fingerprint density at radius 1 is 1.18 bits per heavy atom. The van der Waals surface area contributed by atoms with Gasteiger partial charge in [-0.05, 0) is 44.2 Å². The number of nitrogens with one attached hydrogen (secondary N) is 1. The van der Waals surface area contributed by atoms with Crippen LogP contribution in [0.3, 0.4) is 0 Å². The summed E-state index contributed by atoms with van der Waals surface area (Å²) >= 11 is 0. The Balaban J connectivity index is 1.67. The lowest BCUT2D eigenvalue weighted by atomic mass is 9.90. The number of hydrogen-bond acceptors (Lipinski definition) is 5. The monoisotopic (exact) mass is 457 g/mol. The minimum Gasteiger partial charge on any atom is -0.381 e. The first kappa shape index (κ1) is 21.9. The molecule has 1 fully saturated rings. The second-order valence-electron chi connectivity index (χ2n) is 8.60. The van der Waals surface area contributed by atoms with E-state index in [0.29, 0.717) is 17.2 Å². The quantitative estimate of drug-likeness (QED) is 0.614. The van der Waals surface area contributed by atoms with E-state index >= 15 is 0 Å². The van der Waals surface area contributed by atoms with Crippen LogP contribution in [-0.4, -0.2) is 34.3 Å². The van der Waals surface area contributed by atoms with Crippen LogP contribution in [0.2, 0.25) is 0 Å². The van der Waals surface area contributed by atoms with Gasteiger partial charge in [-0.3, -0.25) is 4.99 Å². The number of fused-ring (bicyclic) bond motifs is 3. The lowest BCUT2D eigenvalue weighted by Gasteiger charge is -2.26. The molecule has 4 heterocycles. The third kappa shape index (κ3) is 3.99. The highest BCUT2D eigenvalue weighted by Gasteiger charge is 2.28. The number of rotatable bonds is 4. The highest BCUT2D eigenvalue weighted by molar-refractivity contribution is 5.66. The summed E-state index contributed by atoms with van der Waals surface area (Å²) in [7, 11) is 0. The highest BCUT2D eigenvalue weighted by atomic mass is 19.3. The van der Waals surface area contributed by atoms with Gasteiger partial charge in [0.2, 0.25) is 0 Å². The molecule has 0 radical (unpaired) electrons. The van der Waals surface area contributed by atoms with Gasteiger partial charge >= 0.3 is 0 Å². The lowest BCUT2D eigenvalue weighted by Crippen LogP contribution is -2.23. The van der Waals surface area contributed by atoms with Gasteiger partial charge in [0.05, 0.1) is 17.2 Å². The van der Waals surface area contributed by atoms with E-state index < -0.39 is 23.8 Å². The molecule has 1 aromatic rings. The first-order chi connectivity index (χ1) is 15.9. The minimum absolute atomic E-state index is 0.123. The van der Waals surface area contributed by atoms with Crippen LogP contribution in [0.5, 0.6) is 0 Å². The molecule has 174 valence electrons. The first-order valence-corrected chi connectivity index (χ1v) is 11.3. The van der Waals surface area contributed by atoms with Crippen molar-refractivity contribution in [2.24, 2.45) is 4.99 Å². The van der Waals surface area contributed by atoms with Gasteiger partial charge in [0.1, 0.15) is 23.3 Å². The van der Waals surface area contributed by atoms with E-state index in [4.69, 9.17) is 9.73 Å².